The van der Waals surface area contributed by atoms with Gasteiger partial charge < -0.3 is 0 Å². The highest BCUT2D eigenvalue weighted by atomic mass is 32.1. The Hall–Kier alpha value is -3.13. The van der Waals surface area contributed by atoms with Crippen LogP contribution in [0.3, 0.4) is 0 Å². The molecule has 0 fully saturated rings. The highest BCUT2D eigenvalue weighted by molar-refractivity contribution is 7.09. The molecule has 0 saturated carbocycles. The summed E-state index contributed by atoms with van der Waals surface area (Å²) in [4.78, 5) is 21.5. The number of benzene rings is 1. The van der Waals surface area contributed by atoms with Crippen LogP contribution in [0, 0.1) is 6.92 Å². The summed E-state index contributed by atoms with van der Waals surface area (Å²) in [5.41, 5.74) is 2.89. The second-order valence-corrected chi connectivity index (χ2v) is 6.31. The van der Waals surface area contributed by atoms with Gasteiger partial charge in [0.15, 0.2) is 5.65 Å². The van der Waals surface area contributed by atoms with Crippen LogP contribution in [0.25, 0.3) is 21.6 Å². The van der Waals surface area contributed by atoms with Gasteiger partial charge in [0.05, 0.1) is 17.1 Å². The number of pyridine rings is 1. The second-order valence-electron chi connectivity index (χ2n) is 5.56. The molecule has 8 heteroatoms. The van der Waals surface area contributed by atoms with Crippen LogP contribution in [-0.2, 0) is 7.05 Å². The Morgan fingerprint density at radius 2 is 2.00 bits per heavy atom. The SMILES string of the molecule is Cc1cc(C(=O)Nc2nsc(-c3ccccc3)n2)c2cnn(C)c2n1. The summed E-state index contributed by atoms with van der Waals surface area (Å²) in [6, 6.07) is 11.5. The van der Waals surface area contributed by atoms with Crippen molar-refractivity contribution < 1.29 is 4.79 Å². The maximum atomic E-state index is 12.7. The van der Waals surface area contributed by atoms with Gasteiger partial charge in [0.1, 0.15) is 5.01 Å². The third kappa shape index (κ3) is 2.87. The molecule has 0 unspecified atom stereocenters. The average Bonchev–Trinajstić information content (AvgIpc) is 3.22. The molecular formula is C17H14N6OS. The lowest BCUT2D eigenvalue weighted by Crippen LogP contribution is -2.14. The van der Waals surface area contributed by atoms with E-state index in [9.17, 15) is 4.79 Å². The summed E-state index contributed by atoms with van der Waals surface area (Å²) in [5.74, 6) is 0.0151. The minimum Gasteiger partial charge on any atom is -0.290 e. The third-order valence-corrected chi connectivity index (χ3v) is 4.51. The van der Waals surface area contributed by atoms with Gasteiger partial charge >= 0.3 is 0 Å². The number of aryl methyl sites for hydroxylation is 2. The van der Waals surface area contributed by atoms with Gasteiger partial charge in [-0.3, -0.25) is 14.8 Å². The molecule has 1 amide bonds. The van der Waals surface area contributed by atoms with E-state index < -0.39 is 0 Å². The zero-order valence-corrected chi connectivity index (χ0v) is 14.4. The van der Waals surface area contributed by atoms with Gasteiger partial charge in [-0.1, -0.05) is 30.3 Å². The van der Waals surface area contributed by atoms with Crippen molar-refractivity contribution in [3.8, 4) is 10.6 Å². The largest absolute Gasteiger partial charge is 0.290 e. The highest BCUT2D eigenvalue weighted by Crippen LogP contribution is 2.23. The molecule has 0 aliphatic rings. The minimum atomic E-state index is -0.277. The van der Waals surface area contributed by atoms with Crippen molar-refractivity contribution >= 4 is 34.4 Å². The van der Waals surface area contributed by atoms with Crippen LogP contribution in [-0.4, -0.2) is 30.0 Å². The number of hydrogen-bond donors (Lipinski definition) is 1. The smallest absolute Gasteiger partial charge is 0.258 e. The molecule has 124 valence electrons. The topological polar surface area (TPSA) is 85.6 Å². The third-order valence-electron chi connectivity index (χ3n) is 3.75. The average molecular weight is 350 g/mol. The van der Waals surface area contributed by atoms with Gasteiger partial charge in [-0.15, -0.1) is 0 Å². The lowest BCUT2D eigenvalue weighted by atomic mass is 10.1. The van der Waals surface area contributed by atoms with E-state index >= 15 is 0 Å². The van der Waals surface area contributed by atoms with E-state index in [0.29, 0.717) is 22.5 Å². The molecule has 1 N–H and O–H groups in total. The number of nitrogens with one attached hydrogen (secondary N) is 1. The molecule has 0 atom stereocenters. The Bertz CT molecular complexity index is 1070. The number of carbonyl (C=O) groups excluding carboxylic acids is 1. The van der Waals surface area contributed by atoms with Crippen LogP contribution in [0.5, 0.6) is 0 Å². The lowest BCUT2D eigenvalue weighted by molar-refractivity contribution is 0.102. The van der Waals surface area contributed by atoms with E-state index in [2.05, 4.69) is 24.8 Å². The molecule has 0 radical (unpaired) electrons. The first kappa shape index (κ1) is 15.4. The molecule has 4 rings (SSSR count). The number of rotatable bonds is 3. The summed E-state index contributed by atoms with van der Waals surface area (Å²) < 4.78 is 5.87. The van der Waals surface area contributed by atoms with Crippen molar-refractivity contribution in [1.29, 1.82) is 0 Å². The fourth-order valence-electron chi connectivity index (χ4n) is 2.57. The van der Waals surface area contributed by atoms with E-state index in [0.717, 1.165) is 16.3 Å². The van der Waals surface area contributed by atoms with E-state index in [4.69, 9.17) is 0 Å². The summed E-state index contributed by atoms with van der Waals surface area (Å²) in [6.07, 6.45) is 1.64. The van der Waals surface area contributed by atoms with Crippen molar-refractivity contribution in [2.24, 2.45) is 7.05 Å². The molecule has 7 nitrogen and oxygen atoms in total. The van der Waals surface area contributed by atoms with Gasteiger partial charge in [-0.2, -0.15) is 14.5 Å². The fourth-order valence-corrected chi connectivity index (χ4v) is 3.20. The minimum absolute atomic E-state index is 0.277. The second kappa shape index (κ2) is 6.06. The molecule has 3 aromatic heterocycles. The number of anilines is 1. The normalized spacial score (nSPS) is 11.0. The molecule has 0 bridgehead atoms. The van der Waals surface area contributed by atoms with Crippen molar-refractivity contribution in [2.45, 2.75) is 6.92 Å². The van der Waals surface area contributed by atoms with Gasteiger partial charge in [0.25, 0.3) is 5.91 Å². The maximum Gasteiger partial charge on any atom is 0.258 e. The summed E-state index contributed by atoms with van der Waals surface area (Å²) in [7, 11) is 1.80. The molecular weight excluding hydrogens is 336 g/mol. The molecule has 4 aromatic rings. The quantitative estimate of drug-likeness (QED) is 0.614. The Kier molecular flexibility index (Phi) is 3.73. The van der Waals surface area contributed by atoms with Crippen molar-refractivity contribution in [3.63, 3.8) is 0 Å². The van der Waals surface area contributed by atoms with Gasteiger partial charge in [0.2, 0.25) is 5.95 Å². The highest BCUT2D eigenvalue weighted by Gasteiger charge is 2.17. The Morgan fingerprint density at radius 1 is 1.20 bits per heavy atom. The first-order chi connectivity index (χ1) is 12.1. The maximum absolute atomic E-state index is 12.7. The predicted molar refractivity (Wildman–Crippen MR) is 96.5 cm³/mol. The van der Waals surface area contributed by atoms with E-state index in [1.807, 2.05) is 37.3 Å². The van der Waals surface area contributed by atoms with Crippen LogP contribution >= 0.6 is 11.5 Å². The molecule has 0 saturated heterocycles. The van der Waals surface area contributed by atoms with Crippen molar-refractivity contribution in [2.75, 3.05) is 5.32 Å². The molecule has 0 spiro atoms. The zero-order valence-electron chi connectivity index (χ0n) is 13.6. The van der Waals surface area contributed by atoms with E-state index in [-0.39, 0.29) is 5.91 Å². The molecule has 1 aromatic carbocycles. The number of carbonyl (C=O) groups is 1. The first-order valence-electron chi connectivity index (χ1n) is 7.61. The fraction of sp³-hybridized carbons (Fsp3) is 0.118. The van der Waals surface area contributed by atoms with Crippen LogP contribution in [0.4, 0.5) is 5.95 Å². The Labute approximate surface area is 147 Å². The zero-order chi connectivity index (χ0) is 17.4. The van der Waals surface area contributed by atoms with Crippen LogP contribution in [0.15, 0.2) is 42.6 Å². The number of hydrogen-bond acceptors (Lipinski definition) is 6. The standard InChI is InChI=1S/C17H14N6OS/c1-10-8-12(13-9-18-23(2)14(13)19-10)15(24)20-17-21-16(25-22-17)11-6-4-3-5-7-11/h3-9H,1-2H3,(H,20,22,24). The van der Waals surface area contributed by atoms with Crippen molar-refractivity contribution in [1.82, 2.24) is 24.1 Å². The molecule has 25 heavy (non-hydrogen) atoms. The molecule has 0 aliphatic heterocycles. The molecule has 3 heterocycles. The first-order valence-corrected chi connectivity index (χ1v) is 8.39. The molecule has 0 aliphatic carbocycles. The Balaban J connectivity index is 1.64. The van der Waals surface area contributed by atoms with Crippen LogP contribution in [0.2, 0.25) is 0 Å². The van der Waals surface area contributed by atoms with Gasteiger partial charge in [0, 0.05) is 18.3 Å². The monoisotopic (exact) mass is 350 g/mol. The number of amides is 1. The summed E-state index contributed by atoms with van der Waals surface area (Å²) in [6.45, 7) is 1.85. The van der Waals surface area contributed by atoms with Crippen LogP contribution in [0.1, 0.15) is 16.1 Å². The van der Waals surface area contributed by atoms with Gasteiger partial charge in [-0.25, -0.2) is 4.98 Å². The van der Waals surface area contributed by atoms with E-state index in [1.54, 1.807) is 24.0 Å². The lowest BCUT2D eigenvalue weighted by Gasteiger charge is -2.04. The summed E-state index contributed by atoms with van der Waals surface area (Å²) >= 11 is 1.25. The van der Waals surface area contributed by atoms with Crippen LogP contribution < -0.4 is 5.32 Å². The number of fused-ring (bicyclic) bond motifs is 1. The summed E-state index contributed by atoms with van der Waals surface area (Å²) in [5, 5.41) is 8.39. The van der Waals surface area contributed by atoms with Crippen molar-refractivity contribution in [3.05, 3.63) is 53.9 Å². The Morgan fingerprint density at radius 3 is 2.80 bits per heavy atom. The van der Waals surface area contributed by atoms with Gasteiger partial charge in [-0.05, 0) is 24.5 Å². The predicted octanol–water partition coefficient (Wildman–Crippen LogP) is 3.05. The van der Waals surface area contributed by atoms with E-state index in [1.165, 1.54) is 11.5 Å². The number of nitrogens with zero attached hydrogens (tertiary/aromatic N) is 5. The number of aromatic nitrogens is 5.